The third-order valence-corrected chi connectivity index (χ3v) is 4.15. The van der Waals surface area contributed by atoms with Gasteiger partial charge in [0.25, 0.3) is 0 Å². The maximum absolute atomic E-state index is 6.04. The summed E-state index contributed by atoms with van der Waals surface area (Å²) in [6.45, 7) is 0. The summed E-state index contributed by atoms with van der Waals surface area (Å²) in [6.07, 6.45) is 4.18. The van der Waals surface area contributed by atoms with Crippen LogP contribution >= 0.6 is 22.6 Å². The van der Waals surface area contributed by atoms with E-state index < -0.39 is 0 Å². The zero-order valence-corrected chi connectivity index (χ0v) is 13.4. The Labute approximate surface area is 136 Å². The third kappa shape index (κ3) is 3.18. The largest absolute Gasteiger partial charge is 0.383 e. The molecule has 0 unspecified atom stereocenters. The summed E-state index contributed by atoms with van der Waals surface area (Å²) >= 11 is 2.20. The average Bonchev–Trinajstić information content (AvgIpc) is 2.52. The van der Waals surface area contributed by atoms with Gasteiger partial charge in [-0.2, -0.15) is 0 Å². The number of nitrogen functional groups attached to an aromatic ring is 1. The van der Waals surface area contributed by atoms with Crippen molar-refractivity contribution in [2.45, 2.75) is 6.42 Å². The summed E-state index contributed by atoms with van der Waals surface area (Å²) < 4.78 is 0.886. The van der Waals surface area contributed by atoms with Crippen molar-refractivity contribution in [2.24, 2.45) is 0 Å². The molecule has 5 heteroatoms. The summed E-state index contributed by atoms with van der Waals surface area (Å²) in [4.78, 5) is 13.1. The van der Waals surface area contributed by atoms with Crippen LogP contribution in [-0.2, 0) is 6.42 Å². The first kappa shape index (κ1) is 13.9. The third-order valence-electron chi connectivity index (χ3n) is 3.08. The zero-order valence-electron chi connectivity index (χ0n) is 11.2. The topological polar surface area (TPSA) is 64.7 Å². The molecular formula is C16H13IN4. The molecule has 21 heavy (non-hydrogen) atoms. The van der Waals surface area contributed by atoms with Crippen molar-refractivity contribution in [3.8, 4) is 11.3 Å². The molecule has 2 aromatic heterocycles. The van der Waals surface area contributed by atoms with Crippen molar-refractivity contribution in [3.05, 3.63) is 69.8 Å². The smallest absolute Gasteiger partial charge is 0.141 e. The molecule has 0 fully saturated rings. The lowest BCUT2D eigenvalue weighted by molar-refractivity contribution is 0.969. The Morgan fingerprint density at radius 1 is 0.952 bits per heavy atom. The van der Waals surface area contributed by atoms with E-state index in [0.29, 0.717) is 12.2 Å². The molecule has 0 spiro atoms. The lowest BCUT2D eigenvalue weighted by Crippen LogP contribution is -2.05. The van der Waals surface area contributed by atoms with Crippen molar-refractivity contribution in [1.29, 1.82) is 0 Å². The van der Waals surface area contributed by atoms with Crippen LogP contribution in [0, 0.1) is 3.57 Å². The molecule has 104 valence electrons. The van der Waals surface area contributed by atoms with Gasteiger partial charge in [-0.3, -0.25) is 4.98 Å². The van der Waals surface area contributed by atoms with E-state index in [-0.39, 0.29) is 0 Å². The van der Waals surface area contributed by atoms with Crippen molar-refractivity contribution < 1.29 is 0 Å². The number of pyridine rings is 1. The summed E-state index contributed by atoms with van der Waals surface area (Å²) in [5.74, 6) is 1.24. The van der Waals surface area contributed by atoms with E-state index in [9.17, 15) is 0 Å². The molecule has 0 saturated carbocycles. The van der Waals surface area contributed by atoms with Crippen LogP contribution < -0.4 is 5.73 Å². The van der Waals surface area contributed by atoms with Gasteiger partial charge in [0.15, 0.2) is 0 Å². The quantitative estimate of drug-likeness (QED) is 0.700. The number of nitrogens with zero attached hydrogens (tertiary/aromatic N) is 3. The van der Waals surface area contributed by atoms with Crippen molar-refractivity contribution in [2.75, 3.05) is 5.73 Å². The van der Waals surface area contributed by atoms with Crippen LogP contribution in [0.4, 0.5) is 5.82 Å². The molecule has 0 bridgehead atoms. The Balaban J connectivity index is 2.02. The van der Waals surface area contributed by atoms with E-state index in [1.54, 1.807) is 12.4 Å². The maximum atomic E-state index is 6.04. The molecule has 0 aliphatic rings. The summed E-state index contributed by atoms with van der Waals surface area (Å²) in [5.41, 5.74) is 9.09. The molecule has 0 aliphatic heterocycles. The van der Waals surface area contributed by atoms with Crippen LogP contribution in [0.25, 0.3) is 11.3 Å². The molecule has 0 atom stereocenters. The van der Waals surface area contributed by atoms with E-state index in [1.807, 2.05) is 42.5 Å². The molecule has 0 saturated heterocycles. The van der Waals surface area contributed by atoms with Crippen molar-refractivity contribution >= 4 is 28.4 Å². The van der Waals surface area contributed by atoms with Crippen molar-refractivity contribution in [1.82, 2.24) is 15.0 Å². The molecule has 2 heterocycles. The highest BCUT2D eigenvalue weighted by molar-refractivity contribution is 14.1. The number of hydrogen-bond donors (Lipinski definition) is 1. The fourth-order valence-corrected chi connectivity index (χ4v) is 2.61. The normalized spacial score (nSPS) is 10.5. The number of rotatable bonds is 3. The van der Waals surface area contributed by atoms with Gasteiger partial charge in [0.2, 0.25) is 0 Å². The van der Waals surface area contributed by atoms with Gasteiger partial charge in [0, 0.05) is 24.4 Å². The Morgan fingerprint density at radius 3 is 2.38 bits per heavy atom. The highest BCUT2D eigenvalue weighted by Gasteiger charge is 2.12. The van der Waals surface area contributed by atoms with Crippen LogP contribution in [0.3, 0.4) is 0 Å². The Bertz CT molecular complexity index is 745. The number of nitrogens with two attached hydrogens (primary N) is 1. The number of aromatic nitrogens is 3. The Kier molecular flexibility index (Phi) is 4.10. The molecular weight excluding hydrogens is 375 g/mol. The van der Waals surface area contributed by atoms with Gasteiger partial charge in [-0.05, 0) is 40.3 Å². The minimum absolute atomic E-state index is 0.522. The van der Waals surface area contributed by atoms with Gasteiger partial charge < -0.3 is 5.73 Å². The second-order valence-electron chi connectivity index (χ2n) is 4.59. The molecule has 0 radical (unpaired) electrons. The lowest BCUT2D eigenvalue weighted by atomic mass is 10.1. The predicted octanol–water partition coefficient (Wildman–Crippen LogP) is 3.32. The van der Waals surface area contributed by atoms with E-state index in [1.165, 1.54) is 0 Å². The summed E-state index contributed by atoms with van der Waals surface area (Å²) in [6, 6.07) is 13.9. The van der Waals surface area contributed by atoms with E-state index in [0.717, 1.165) is 26.2 Å². The minimum Gasteiger partial charge on any atom is -0.383 e. The van der Waals surface area contributed by atoms with Gasteiger partial charge in [0.05, 0.1) is 9.26 Å². The summed E-state index contributed by atoms with van der Waals surface area (Å²) in [7, 11) is 0. The van der Waals surface area contributed by atoms with Crippen LogP contribution in [-0.4, -0.2) is 15.0 Å². The Morgan fingerprint density at radius 2 is 1.67 bits per heavy atom. The Hall–Kier alpha value is -2.02. The van der Waals surface area contributed by atoms with Crippen molar-refractivity contribution in [3.63, 3.8) is 0 Å². The number of anilines is 1. The molecule has 0 amide bonds. The van der Waals surface area contributed by atoms with Crippen LogP contribution in [0.5, 0.6) is 0 Å². The first-order valence-corrected chi connectivity index (χ1v) is 7.58. The fourth-order valence-electron chi connectivity index (χ4n) is 2.06. The monoisotopic (exact) mass is 388 g/mol. The molecule has 0 aliphatic carbocycles. The zero-order chi connectivity index (χ0) is 14.7. The fraction of sp³-hybridized carbons (Fsp3) is 0.0625. The lowest BCUT2D eigenvalue weighted by Gasteiger charge is -2.09. The minimum atomic E-state index is 0.522. The van der Waals surface area contributed by atoms with Gasteiger partial charge in [0.1, 0.15) is 11.6 Å². The number of halogens is 1. The van der Waals surface area contributed by atoms with Crippen LogP contribution in [0.15, 0.2) is 54.9 Å². The molecule has 1 aromatic carbocycles. The predicted molar refractivity (Wildman–Crippen MR) is 91.6 cm³/mol. The highest BCUT2D eigenvalue weighted by atomic mass is 127. The standard InChI is InChI=1S/C16H13IN4/c17-14-15(12-4-2-1-3-5-12)20-13(21-16(14)18)10-11-6-8-19-9-7-11/h1-9H,10H2,(H2,18,20,21). The van der Waals surface area contributed by atoms with E-state index in [2.05, 4.69) is 37.5 Å². The van der Waals surface area contributed by atoms with Gasteiger partial charge in [-0.25, -0.2) is 9.97 Å². The summed E-state index contributed by atoms with van der Waals surface area (Å²) in [5, 5.41) is 0. The molecule has 4 nitrogen and oxygen atoms in total. The van der Waals surface area contributed by atoms with Gasteiger partial charge in [-0.1, -0.05) is 30.3 Å². The first-order valence-electron chi connectivity index (χ1n) is 6.50. The maximum Gasteiger partial charge on any atom is 0.141 e. The SMILES string of the molecule is Nc1nc(Cc2ccncc2)nc(-c2ccccc2)c1I. The second kappa shape index (κ2) is 6.17. The highest BCUT2D eigenvalue weighted by Crippen LogP contribution is 2.26. The van der Waals surface area contributed by atoms with Gasteiger partial charge >= 0.3 is 0 Å². The van der Waals surface area contributed by atoms with Gasteiger partial charge in [-0.15, -0.1) is 0 Å². The average molecular weight is 388 g/mol. The van der Waals surface area contributed by atoms with E-state index in [4.69, 9.17) is 5.73 Å². The molecule has 3 rings (SSSR count). The van der Waals surface area contributed by atoms with Crippen LogP contribution in [0.2, 0.25) is 0 Å². The molecule has 2 N–H and O–H groups in total. The van der Waals surface area contributed by atoms with E-state index >= 15 is 0 Å². The second-order valence-corrected chi connectivity index (χ2v) is 5.66. The molecule has 3 aromatic rings. The number of benzene rings is 1. The first-order chi connectivity index (χ1) is 10.2. The van der Waals surface area contributed by atoms with Crippen LogP contribution in [0.1, 0.15) is 11.4 Å². The number of hydrogen-bond acceptors (Lipinski definition) is 4.